The van der Waals surface area contributed by atoms with E-state index < -0.39 is 60.6 Å². The normalized spacial score (nSPS) is 13.8. The third kappa shape index (κ3) is 7.82. The number of nitrogens with two attached hydrogens (primary N) is 2. The fraction of sp³-hybridized carbons (Fsp3) is 0.467. The van der Waals surface area contributed by atoms with Gasteiger partial charge in [0.2, 0.25) is 17.7 Å². The van der Waals surface area contributed by atoms with Gasteiger partial charge in [0.1, 0.15) is 12.1 Å². The van der Waals surface area contributed by atoms with Gasteiger partial charge < -0.3 is 37.3 Å². The van der Waals surface area contributed by atoms with Crippen LogP contribution in [-0.2, 0) is 30.4 Å². The number of carboxylic acids is 2. The average molecular weight is 398 g/mol. The van der Waals surface area contributed by atoms with E-state index in [0.29, 0.717) is 5.69 Å². The van der Waals surface area contributed by atoms with Gasteiger partial charge in [0.25, 0.3) is 0 Å². The summed E-state index contributed by atoms with van der Waals surface area (Å²) in [6.45, 7) is 0. The van der Waals surface area contributed by atoms with Crippen LogP contribution < -0.4 is 22.1 Å². The van der Waals surface area contributed by atoms with E-state index in [1.54, 1.807) is 0 Å². The number of rotatable bonds is 12. The summed E-state index contributed by atoms with van der Waals surface area (Å²) in [5.74, 6) is -5.41. The molecule has 3 atom stereocenters. The van der Waals surface area contributed by atoms with Crippen molar-refractivity contribution in [3.05, 3.63) is 18.2 Å². The molecule has 1 aromatic rings. The van der Waals surface area contributed by atoms with Crippen LogP contribution >= 0.6 is 0 Å². The van der Waals surface area contributed by atoms with Crippen molar-refractivity contribution in [2.24, 2.45) is 11.5 Å². The molecule has 0 radical (unpaired) electrons. The van der Waals surface area contributed by atoms with E-state index in [4.69, 9.17) is 21.7 Å². The van der Waals surface area contributed by atoms with Crippen molar-refractivity contribution in [3.8, 4) is 0 Å². The lowest BCUT2D eigenvalue weighted by atomic mass is 10.1. The monoisotopic (exact) mass is 398 g/mol. The summed E-state index contributed by atoms with van der Waals surface area (Å²) in [6, 6.07) is -4.06. The zero-order valence-electron chi connectivity index (χ0n) is 14.8. The van der Waals surface area contributed by atoms with E-state index in [0.717, 1.165) is 0 Å². The first-order valence-corrected chi connectivity index (χ1v) is 8.16. The maximum Gasteiger partial charge on any atom is 0.326 e. The molecule has 0 saturated carbocycles. The minimum atomic E-state index is -1.62. The van der Waals surface area contributed by atoms with Crippen molar-refractivity contribution in [3.63, 3.8) is 0 Å². The molecular weight excluding hydrogens is 376 g/mol. The van der Waals surface area contributed by atoms with E-state index in [1.807, 2.05) is 0 Å². The van der Waals surface area contributed by atoms with Gasteiger partial charge >= 0.3 is 11.9 Å². The fourth-order valence-electron chi connectivity index (χ4n) is 2.21. The van der Waals surface area contributed by atoms with Gasteiger partial charge in [-0.3, -0.25) is 19.2 Å². The van der Waals surface area contributed by atoms with Gasteiger partial charge in [-0.2, -0.15) is 0 Å². The highest BCUT2D eigenvalue weighted by atomic mass is 16.4. The highest BCUT2D eigenvalue weighted by Crippen LogP contribution is 2.03. The molecule has 1 rings (SSSR count). The maximum atomic E-state index is 12.3. The molecule has 3 amide bonds. The van der Waals surface area contributed by atoms with Crippen molar-refractivity contribution < 1.29 is 34.2 Å². The van der Waals surface area contributed by atoms with Crippen LogP contribution in [0.25, 0.3) is 0 Å². The van der Waals surface area contributed by atoms with Gasteiger partial charge in [-0.05, 0) is 6.42 Å². The van der Waals surface area contributed by atoms with Crippen molar-refractivity contribution in [2.45, 2.75) is 43.8 Å². The molecule has 154 valence electrons. The minimum absolute atomic E-state index is 0.0819. The molecule has 0 fully saturated rings. The smallest absolute Gasteiger partial charge is 0.326 e. The number of nitrogens with one attached hydrogen (secondary N) is 3. The second-order valence-electron chi connectivity index (χ2n) is 5.95. The Morgan fingerprint density at radius 1 is 1.11 bits per heavy atom. The lowest BCUT2D eigenvalue weighted by molar-refractivity contribution is -0.144. The zero-order chi connectivity index (χ0) is 21.3. The lowest BCUT2D eigenvalue weighted by Gasteiger charge is -2.22. The summed E-state index contributed by atoms with van der Waals surface area (Å²) in [5, 5.41) is 22.2. The third-order valence-electron chi connectivity index (χ3n) is 3.63. The molecule has 1 heterocycles. The second-order valence-corrected chi connectivity index (χ2v) is 5.95. The van der Waals surface area contributed by atoms with Crippen LogP contribution in [-0.4, -0.2) is 68.0 Å². The number of carbonyl (C=O) groups is 5. The number of aromatic nitrogens is 2. The number of amides is 3. The molecule has 0 bridgehead atoms. The highest BCUT2D eigenvalue weighted by Gasteiger charge is 2.29. The van der Waals surface area contributed by atoms with Crippen molar-refractivity contribution >= 4 is 29.7 Å². The molecule has 28 heavy (non-hydrogen) atoms. The van der Waals surface area contributed by atoms with Gasteiger partial charge in [-0.1, -0.05) is 0 Å². The Hall–Kier alpha value is -3.48. The number of hydrogen-bond acceptors (Lipinski definition) is 7. The van der Waals surface area contributed by atoms with Crippen LogP contribution in [0.2, 0.25) is 0 Å². The summed E-state index contributed by atoms with van der Waals surface area (Å²) in [4.78, 5) is 64.0. The van der Waals surface area contributed by atoms with Crippen LogP contribution in [0.3, 0.4) is 0 Å². The van der Waals surface area contributed by atoms with Gasteiger partial charge in [-0.25, -0.2) is 9.78 Å². The molecular formula is C15H22N6O7. The van der Waals surface area contributed by atoms with Crippen LogP contribution in [0, 0.1) is 0 Å². The summed E-state index contributed by atoms with van der Waals surface area (Å²) in [6.07, 6.45) is 1.49. The summed E-state index contributed by atoms with van der Waals surface area (Å²) < 4.78 is 0. The number of nitrogens with zero attached hydrogens (tertiary/aromatic N) is 1. The predicted molar refractivity (Wildman–Crippen MR) is 92.4 cm³/mol. The first kappa shape index (κ1) is 22.6. The number of aromatic amines is 1. The minimum Gasteiger partial charge on any atom is -0.481 e. The van der Waals surface area contributed by atoms with Gasteiger partial charge in [0.15, 0.2) is 0 Å². The van der Waals surface area contributed by atoms with Crippen molar-refractivity contribution in [1.29, 1.82) is 0 Å². The molecule has 9 N–H and O–H groups in total. The van der Waals surface area contributed by atoms with E-state index >= 15 is 0 Å². The van der Waals surface area contributed by atoms with Gasteiger partial charge in [-0.15, -0.1) is 0 Å². The Bertz CT molecular complexity index is 720. The SMILES string of the molecule is NC(=O)CC(NC(=O)C(CCC(=O)O)NC(=O)C(N)Cc1cnc[nH]1)C(=O)O. The Kier molecular flexibility index (Phi) is 8.55. The Morgan fingerprint density at radius 3 is 2.25 bits per heavy atom. The molecule has 0 saturated heterocycles. The standard InChI is InChI=1S/C15H22N6O7/c16-8(3-7-5-18-6-19-7)13(25)20-9(1-2-12(23)24)14(26)21-10(15(27)28)4-11(17)22/h5-6,8-10H,1-4,16H2,(H2,17,22)(H,18,19)(H,20,25)(H,21,26)(H,23,24)(H,27,28). The number of aliphatic carboxylic acids is 2. The highest BCUT2D eigenvalue weighted by molar-refractivity contribution is 5.93. The largest absolute Gasteiger partial charge is 0.481 e. The molecule has 0 aliphatic rings. The van der Waals surface area contributed by atoms with Crippen LogP contribution in [0.1, 0.15) is 25.0 Å². The zero-order valence-corrected chi connectivity index (χ0v) is 14.8. The molecule has 0 aliphatic carbocycles. The van der Waals surface area contributed by atoms with Crippen molar-refractivity contribution in [1.82, 2.24) is 20.6 Å². The molecule has 13 heteroatoms. The molecule has 13 nitrogen and oxygen atoms in total. The Morgan fingerprint density at radius 2 is 1.75 bits per heavy atom. The summed E-state index contributed by atoms with van der Waals surface area (Å²) in [5.41, 5.74) is 11.3. The molecule has 0 aliphatic heterocycles. The summed E-state index contributed by atoms with van der Waals surface area (Å²) >= 11 is 0. The average Bonchev–Trinajstić information content (AvgIpc) is 3.09. The molecule has 3 unspecified atom stereocenters. The first-order valence-electron chi connectivity index (χ1n) is 8.16. The first-order chi connectivity index (χ1) is 13.1. The predicted octanol–water partition coefficient (Wildman–Crippen LogP) is -2.93. The van der Waals surface area contributed by atoms with Gasteiger partial charge in [0.05, 0.1) is 18.8 Å². The molecule has 0 spiro atoms. The second kappa shape index (κ2) is 10.6. The Labute approximate surface area is 158 Å². The third-order valence-corrected chi connectivity index (χ3v) is 3.63. The van der Waals surface area contributed by atoms with E-state index in [9.17, 15) is 24.0 Å². The lowest BCUT2D eigenvalue weighted by Crippen LogP contribution is -2.55. The summed E-state index contributed by atoms with van der Waals surface area (Å²) in [7, 11) is 0. The van der Waals surface area contributed by atoms with Gasteiger partial charge in [0, 0.05) is 24.7 Å². The Balaban J connectivity index is 2.80. The fourth-order valence-corrected chi connectivity index (χ4v) is 2.21. The maximum absolute atomic E-state index is 12.3. The van der Waals surface area contributed by atoms with E-state index in [1.165, 1.54) is 12.5 Å². The number of imidazole rings is 1. The topological polar surface area (TPSA) is 231 Å². The van der Waals surface area contributed by atoms with E-state index in [2.05, 4.69) is 20.6 Å². The number of hydrogen-bond donors (Lipinski definition) is 7. The molecule has 0 aromatic carbocycles. The number of primary amides is 1. The number of carboxylic acid groups (broad SMARTS) is 2. The number of carbonyl (C=O) groups excluding carboxylic acids is 3. The van der Waals surface area contributed by atoms with Crippen LogP contribution in [0.4, 0.5) is 0 Å². The quantitative estimate of drug-likeness (QED) is 0.191. The van der Waals surface area contributed by atoms with Crippen LogP contribution in [0.5, 0.6) is 0 Å². The number of H-pyrrole nitrogens is 1. The van der Waals surface area contributed by atoms with E-state index in [-0.39, 0.29) is 12.8 Å². The molecule has 1 aromatic heterocycles. The van der Waals surface area contributed by atoms with Crippen molar-refractivity contribution in [2.75, 3.05) is 0 Å². The van der Waals surface area contributed by atoms with Crippen LogP contribution in [0.15, 0.2) is 12.5 Å².